The molecule has 0 atom stereocenters. The Bertz CT molecular complexity index is 1190. The summed E-state index contributed by atoms with van der Waals surface area (Å²) in [5.74, 6) is -0.881. The lowest BCUT2D eigenvalue weighted by atomic mass is 10.2. The van der Waals surface area contributed by atoms with E-state index in [1.807, 2.05) is 42.6 Å². The molecule has 2 aromatic heterocycles. The number of carbonyl (C=O) groups is 1. The lowest BCUT2D eigenvalue weighted by Gasteiger charge is -2.04. The fourth-order valence-corrected chi connectivity index (χ4v) is 3.56. The van der Waals surface area contributed by atoms with E-state index in [2.05, 4.69) is 10.3 Å². The van der Waals surface area contributed by atoms with Crippen molar-refractivity contribution in [1.82, 2.24) is 9.55 Å². The van der Waals surface area contributed by atoms with Crippen LogP contribution in [-0.4, -0.2) is 15.5 Å². The van der Waals surface area contributed by atoms with Crippen LogP contribution in [0.25, 0.3) is 11.1 Å². The number of anilines is 2. The van der Waals surface area contributed by atoms with E-state index in [9.17, 15) is 9.59 Å². The second kappa shape index (κ2) is 8.32. The van der Waals surface area contributed by atoms with Gasteiger partial charge in [-0.2, -0.15) is 0 Å². The number of hydrogen-bond donors (Lipinski definition) is 1. The Balaban J connectivity index is 1.29. The molecule has 2 aromatic carbocycles. The number of fused-ring (bicyclic) bond motifs is 1. The van der Waals surface area contributed by atoms with Crippen LogP contribution in [0.3, 0.4) is 0 Å². The van der Waals surface area contributed by atoms with E-state index in [4.69, 9.17) is 9.15 Å². The first-order chi connectivity index (χ1) is 14.1. The fraction of sp³-hybridized carbons (Fsp3) is 0.190. The highest BCUT2D eigenvalue weighted by Gasteiger charge is 2.12. The largest absolute Gasteiger partial charge is 0.459 e. The number of rotatable bonds is 7. The first-order valence-electron chi connectivity index (χ1n) is 9.10. The summed E-state index contributed by atoms with van der Waals surface area (Å²) in [4.78, 5) is 28.4. The Morgan fingerprint density at radius 1 is 1.21 bits per heavy atom. The lowest BCUT2D eigenvalue weighted by Crippen LogP contribution is -2.17. The number of aromatic nitrogens is 2. The van der Waals surface area contributed by atoms with E-state index < -0.39 is 11.7 Å². The van der Waals surface area contributed by atoms with Crippen molar-refractivity contribution in [2.24, 2.45) is 0 Å². The molecule has 1 N–H and O–H groups in total. The number of para-hydroxylation sites is 2. The van der Waals surface area contributed by atoms with Crippen LogP contribution in [-0.2, 0) is 22.7 Å². The molecule has 4 aromatic rings. The zero-order chi connectivity index (χ0) is 20.2. The van der Waals surface area contributed by atoms with Crippen molar-refractivity contribution in [2.45, 2.75) is 26.5 Å². The summed E-state index contributed by atoms with van der Waals surface area (Å²) < 4.78 is 11.9. The van der Waals surface area contributed by atoms with E-state index in [0.29, 0.717) is 16.8 Å². The van der Waals surface area contributed by atoms with Crippen LogP contribution in [0, 0.1) is 6.92 Å². The van der Waals surface area contributed by atoms with Gasteiger partial charge in [0.2, 0.25) is 0 Å². The highest BCUT2D eigenvalue weighted by Crippen LogP contribution is 2.21. The van der Waals surface area contributed by atoms with Crippen LogP contribution in [0.4, 0.5) is 10.8 Å². The molecule has 0 bridgehead atoms. The maximum absolute atomic E-state index is 12.1. The predicted octanol–water partition coefficient (Wildman–Crippen LogP) is 4.24. The minimum atomic E-state index is -0.481. The Labute approximate surface area is 170 Å². The maximum atomic E-state index is 12.1. The third-order valence-corrected chi connectivity index (χ3v) is 5.16. The summed E-state index contributed by atoms with van der Waals surface area (Å²) in [5.41, 5.74) is 3.97. The van der Waals surface area contributed by atoms with Crippen molar-refractivity contribution >= 4 is 39.2 Å². The minimum absolute atomic E-state index is 0.0715. The van der Waals surface area contributed by atoms with Gasteiger partial charge in [0.25, 0.3) is 0 Å². The standard InChI is InChI=1S/C21H19N3O4S/c1-14-6-8-15(9-7-14)22-20-23-16(13-29-20)12-27-19(25)10-11-24-17-4-2-3-5-18(17)28-21(24)26/h2-9,13H,10-12H2,1H3,(H,22,23). The second-order valence-electron chi connectivity index (χ2n) is 6.53. The molecule has 148 valence electrons. The quantitative estimate of drug-likeness (QED) is 0.460. The Morgan fingerprint density at radius 2 is 2.00 bits per heavy atom. The molecule has 0 fully saturated rings. The number of aryl methyl sites for hydroxylation is 2. The molecule has 0 amide bonds. The molecule has 0 aliphatic rings. The lowest BCUT2D eigenvalue weighted by molar-refractivity contribution is -0.145. The Hall–Kier alpha value is -3.39. The van der Waals surface area contributed by atoms with Gasteiger partial charge in [-0.25, -0.2) is 9.78 Å². The van der Waals surface area contributed by atoms with Crippen molar-refractivity contribution in [1.29, 1.82) is 0 Å². The zero-order valence-electron chi connectivity index (χ0n) is 15.8. The normalized spacial score (nSPS) is 10.9. The molecule has 0 saturated carbocycles. The number of carbonyl (C=O) groups excluding carboxylic acids is 1. The number of esters is 1. The first kappa shape index (κ1) is 18.9. The fourth-order valence-electron chi connectivity index (χ4n) is 2.85. The Morgan fingerprint density at radius 3 is 2.83 bits per heavy atom. The van der Waals surface area contributed by atoms with Gasteiger partial charge in [0.15, 0.2) is 10.7 Å². The van der Waals surface area contributed by atoms with E-state index in [1.54, 1.807) is 18.2 Å². The van der Waals surface area contributed by atoms with Gasteiger partial charge in [-0.3, -0.25) is 9.36 Å². The van der Waals surface area contributed by atoms with Gasteiger partial charge in [-0.05, 0) is 31.2 Å². The van der Waals surface area contributed by atoms with Crippen molar-refractivity contribution in [3.8, 4) is 0 Å². The molecule has 0 aliphatic carbocycles. The summed E-state index contributed by atoms with van der Waals surface area (Å²) in [5, 5.41) is 5.80. The summed E-state index contributed by atoms with van der Waals surface area (Å²) in [6, 6.07) is 15.1. The van der Waals surface area contributed by atoms with Gasteiger partial charge in [0, 0.05) is 17.6 Å². The summed E-state index contributed by atoms with van der Waals surface area (Å²) in [6.45, 7) is 2.32. The summed E-state index contributed by atoms with van der Waals surface area (Å²) >= 11 is 1.44. The topological polar surface area (TPSA) is 86.4 Å². The number of hydrogen-bond acceptors (Lipinski definition) is 7. The SMILES string of the molecule is Cc1ccc(Nc2nc(COC(=O)CCn3c(=O)oc4ccccc43)cs2)cc1. The van der Waals surface area contributed by atoms with E-state index in [0.717, 1.165) is 10.8 Å². The molecule has 8 heteroatoms. The molecular formula is C21H19N3O4S. The van der Waals surface area contributed by atoms with Crippen molar-refractivity contribution in [3.63, 3.8) is 0 Å². The molecule has 2 heterocycles. The molecule has 7 nitrogen and oxygen atoms in total. The first-order valence-corrected chi connectivity index (χ1v) is 9.98. The maximum Gasteiger partial charge on any atom is 0.419 e. The van der Waals surface area contributed by atoms with Gasteiger partial charge < -0.3 is 14.5 Å². The monoisotopic (exact) mass is 409 g/mol. The third kappa shape index (κ3) is 4.55. The van der Waals surface area contributed by atoms with Gasteiger partial charge in [0.1, 0.15) is 6.61 Å². The molecule has 29 heavy (non-hydrogen) atoms. The van der Waals surface area contributed by atoms with E-state index in [-0.39, 0.29) is 19.6 Å². The van der Waals surface area contributed by atoms with Crippen molar-refractivity contribution in [2.75, 3.05) is 5.32 Å². The smallest absolute Gasteiger partial charge is 0.419 e. The zero-order valence-corrected chi connectivity index (χ0v) is 16.6. The molecule has 0 spiro atoms. The summed E-state index contributed by atoms with van der Waals surface area (Å²) in [7, 11) is 0. The van der Waals surface area contributed by atoms with Crippen LogP contribution in [0.5, 0.6) is 0 Å². The number of oxazole rings is 1. The van der Waals surface area contributed by atoms with Crippen LogP contribution in [0.15, 0.2) is 63.1 Å². The van der Waals surface area contributed by atoms with E-state index in [1.165, 1.54) is 21.5 Å². The second-order valence-corrected chi connectivity index (χ2v) is 7.39. The van der Waals surface area contributed by atoms with Crippen LogP contribution in [0.1, 0.15) is 17.7 Å². The molecule has 0 saturated heterocycles. The highest BCUT2D eigenvalue weighted by molar-refractivity contribution is 7.13. The number of nitrogens with one attached hydrogen (secondary N) is 1. The average Bonchev–Trinajstić information content (AvgIpc) is 3.29. The third-order valence-electron chi connectivity index (χ3n) is 4.35. The molecular weight excluding hydrogens is 390 g/mol. The molecule has 4 rings (SSSR count). The van der Waals surface area contributed by atoms with Crippen molar-refractivity contribution in [3.05, 3.63) is 75.7 Å². The molecule has 0 aliphatic heterocycles. The highest BCUT2D eigenvalue weighted by atomic mass is 32.1. The number of thiazole rings is 1. The van der Waals surface area contributed by atoms with Crippen LogP contribution < -0.4 is 11.1 Å². The average molecular weight is 409 g/mol. The van der Waals surface area contributed by atoms with Crippen LogP contribution in [0.2, 0.25) is 0 Å². The van der Waals surface area contributed by atoms with Gasteiger partial charge in [-0.15, -0.1) is 11.3 Å². The van der Waals surface area contributed by atoms with Crippen molar-refractivity contribution < 1.29 is 13.9 Å². The van der Waals surface area contributed by atoms with Gasteiger partial charge >= 0.3 is 11.7 Å². The van der Waals surface area contributed by atoms with Gasteiger partial charge in [0.05, 0.1) is 17.6 Å². The van der Waals surface area contributed by atoms with Gasteiger partial charge in [-0.1, -0.05) is 29.8 Å². The number of ether oxygens (including phenoxy) is 1. The Kier molecular flexibility index (Phi) is 5.44. The molecule has 0 radical (unpaired) electrons. The predicted molar refractivity (Wildman–Crippen MR) is 111 cm³/mol. The summed E-state index contributed by atoms with van der Waals surface area (Å²) in [6.07, 6.45) is 0.0715. The number of nitrogens with zero attached hydrogens (tertiary/aromatic N) is 2. The van der Waals surface area contributed by atoms with E-state index >= 15 is 0 Å². The molecule has 0 unspecified atom stereocenters. The minimum Gasteiger partial charge on any atom is -0.459 e. The van der Waals surface area contributed by atoms with Crippen LogP contribution >= 0.6 is 11.3 Å². The number of benzene rings is 2.